The van der Waals surface area contributed by atoms with Crippen LogP contribution in [0.5, 0.6) is 11.5 Å². The molecule has 0 fully saturated rings. The van der Waals surface area contributed by atoms with Gasteiger partial charge in [-0.25, -0.2) is 4.39 Å². The highest BCUT2D eigenvalue weighted by molar-refractivity contribution is 7.87. The van der Waals surface area contributed by atoms with Gasteiger partial charge in [-0.15, -0.1) is 0 Å². The number of para-hydroxylation sites is 1. The Morgan fingerprint density at radius 1 is 1.03 bits per heavy atom. The average molecular weight is 463 g/mol. The first-order valence-corrected chi connectivity index (χ1v) is 11.5. The molecule has 6 nitrogen and oxygen atoms in total. The topological polar surface area (TPSA) is 74.6 Å². The molecule has 1 aromatic heterocycles. The van der Waals surface area contributed by atoms with Crippen molar-refractivity contribution in [3.63, 3.8) is 0 Å². The first-order chi connectivity index (χ1) is 15.7. The summed E-state index contributed by atoms with van der Waals surface area (Å²) < 4.78 is 51.4. The molecule has 3 aromatic carbocycles. The molecule has 5 rings (SSSR count). The maximum Gasteiger partial charge on any atom is 0.339 e. The molecule has 0 aliphatic carbocycles. The van der Waals surface area contributed by atoms with Gasteiger partial charge in [0.2, 0.25) is 5.78 Å². The van der Waals surface area contributed by atoms with Crippen molar-refractivity contribution in [3.8, 4) is 11.5 Å². The fourth-order valence-electron chi connectivity index (χ4n) is 3.86. The Morgan fingerprint density at radius 3 is 2.52 bits per heavy atom. The van der Waals surface area contributed by atoms with Gasteiger partial charge in [0, 0.05) is 35.3 Å². The van der Waals surface area contributed by atoms with Crippen molar-refractivity contribution in [2.45, 2.75) is 11.8 Å². The maximum atomic E-state index is 13.1. The lowest BCUT2D eigenvalue weighted by Gasteiger charge is -2.11. The summed E-state index contributed by atoms with van der Waals surface area (Å²) in [5.74, 6) is -0.437. The summed E-state index contributed by atoms with van der Waals surface area (Å²) in [7, 11) is -2.27. The van der Waals surface area contributed by atoms with Gasteiger partial charge in [-0.1, -0.05) is 18.2 Å². The molecule has 2 heterocycles. The molecule has 0 saturated carbocycles. The Labute approximate surface area is 189 Å². The molecule has 4 aromatic rings. The first kappa shape index (κ1) is 21.0. The predicted molar refractivity (Wildman–Crippen MR) is 121 cm³/mol. The van der Waals surface area contributed by atoms with E-state index < -0.39 is 15.9 Å². The molecule has 33 heavy (non-hydrogen) atoms. The van der Waals surface area contributed by atoms with Gasteiger partial charge in [0.1, 0.15) is 22.2 Å². The van der Waals surface area contributed by atoms with Crippen LogP contribution < -0.4 is 8.92 Å². The van der Waals surface area contributed by atoms with Crippen molar-refractivity contribution in [2.75, 3.05) is 0 Å². The lowest BCUT2D eigenvalue weighted by molar-refractivity contribution is 0.101. The molecular weight excluding hydrogens is 445 g/mol. The highest BCUT2D eigenvalue weighted by Crippen LogP contribution is 2.40. The third-order valence-corrected chi connectivity index (χ3v) is 6.80. The first-order valence-electron chi connectivity index (χ1n) is 10.1. The van der Waals surface area contributed by atoms with Gasteiger partial charge in [0.25, 0.3) is 0 Å². The van der Waals surface area contributed by atoms with Crippen LogP contribution >= 0.6 is 0 Å². The number of nitrogens with zero attached hydrogens (tertiary/aromatic N) is 1. The lowest BCUT2D eigenvalue weighted by Crippen LogP contribution is -2.10. The number of carbonyl (C=O) groups is 1. The molecule has 0 unspecified atom stereocenters. The van der Waals surface area contributed by atoms with Crippen LogP contribution in [-0.4, -0.2) is 18.8 Å². The van der Waals surface area contributed by atoms with Gasteiger partial charge in [0.05, 0.1) is 5.56 Å². The summed E-state index contributed by atoms with van der Waals surface area (Å²) >= 11 is 0. The Morgan fingerprint density at radius 2 is 1.76 bits per heavy atom. The third-order valence-electron chi connectivity index (χ3n) is 5.55. The van der Waals surface area contributed by atoms with E-state index in [2.05, 4.69) is 0 Å². The molecule has 0 radical (unpaired) electrons. The molecular formula is C25H18FNO5S. The SMILES string of the molecule is Cc1c(OS(=O)(=O)c2ccc(F)cc2)ccc2c1OC(=Cc1cn(C)c3ccccc13)C2=O. The van der Waals surface area contributed by atoms with E-state index >= 15 is 0 Å². The van der Waals surface area contributed by atoms with Crippen molar-refractivity contribution in [1.29, 1.82) is 0 Å². The van der Waals surface area contributed by atoms with E-state index in [1.807, 2.05) is 42.1 Å². The van der Waals surface area contributed by atoms with Crippen molar-refractivity contribution in [3.05, 3.63) is 95.1 Å². The molecule has 0 bridgehead atoms. The molecule has 0 atom stereocenters. The Balaban J connectivity index is 1.49. The van der Waals surface area contributed by atoms with Gasteiger partial charge < -0.3 is 13.5 Å². The quantitative estimate of drug-likeness (QED) is 0.314. The summed E-state index contributed by atoms with van der Waals surface area (Å²) in [4.78, 5) is 12.8. The van der Waals surface area contributed by atoms with Gasteiger partial charge in [0.15, 0.2) is 5.76 Å². The maximum absolute atomic E-state index is 13.1. The van der Waals surface area contributed by atoms with Crippen molar-refractivity contribution in [1.82, 2.24) is 4.57 Å². The molecule has 0 amide bonds. The monoisotopic (exact) mass is 463 g/mol. The number of halogens is 1. The normalized spacial score (nSPS) is 14.5. The molecule has 166 valence electrons. The number of hydrogen-bond donors (Lipinski definition) is 0. The van der Waals surface area contributed by atoms with Crippen LogP contribution in [0.3, 0.4) is 0 Å². The molecule has 0 spiro atoms. The Hall–Kier alpha value is -3.91. The number of aryl methyl sites for hydroxylation is 1. The van der Waals surface area contributed by atoms with E-state index in [1.54, 1.807) is 13.0 Å². The minimum absolute atomic E-state index is 0.0253. The van der Waals surface area contributed by atoms with Crippen molar-refractivity contribution >= 4 is 32.9 Å². The summed E-state index contributed by atoms with van der Waals surface area (Å²) in [5, 5.41) is 0.978. The van der Waals surface area contributed by atoms with Crippen LogP contribution in [0.15, 0.2) is 77.5 Å². The largest absolute Gasteiger partial charge is 0.452 e. The third kappa shape index (κ3) is 3.58. The van der Waals surface area contributed by atoms with E-state index in [0.717, 1.165) is 40.7 Å². The summed E-state index contributed by atoms with van der Waals surface area (Å²) in [6.45, 7) is 1.61. The number of Topliss-reactive ketones (excluding diaryl/α,β-unsaturated/α-hetero) is 1. The van der Waals surface area contributed by atoms with Crippen molar-refractivity contribution in [2.24, 2.45) is 7.05 Å². The number of carbonyl (C=O) groups excluding carboxylic acids is 1. The molecule has 1 aliphatic rings. The van der Waals surface area contributed by atoms with Crippen LogP contribution in [0.1, 0.15) is 21.5 Å². The molecule has 8 heteroatoms. The smallest absolute Gasteiger partial charge is 0.339 e. The number of rotatable bonds is 4. The molecule has 0 N–H and O–H groups in total. The zero-order valence-corrected chi connectivity index (χ0v) is 18.5. The van der Waals surface area contributed by atoms with E-state index in [4.69, 9.17) is 8.92 Å². The van der Waals surface area contributed by atoms with Gasteiger partial charge in [-0.2, -0.15) is 8.42 Å². The van der Waals surface area contributed by atoms with E-state index in [0.29, 0.717) is 11.1 Å². The second-order valence-electron chi connectivity index (χ2n) is 7.71. The number of ether oxygens (including phenoxy) is 1. The van der Waals surface area contributed by atoms with Gasteiger partial charge in [-0.3, -0.25) is 4.79 Å². The Kier molecular flexibility index (Phi) is 4.83. The standard InChI is InChI=1S/C25H18FNO5S/c1-15-22(32-33(29,30)18-9-7-17(26)8-10-18)12-11-20-24(28)23(31-25(15)20)13-16-14-27(2)21-6-4-3-5-19(16)21/h3-14H,1-2H3. The highest BCUT2D eigenvalue weighted by atomic mass is 32.2. The second kappa shape index (κ2) is 7.60. The average Bonchev–Trinajstić information content (AvgIpc) is 3.28. The minimum Gasteiger partial charge on any atom is -0.452 e. The van der Waals surface area contributed by atoms with Crippen LogP contribution in [0, 0.1) is 12.7 Å². The molecule has 0 saturated heterocycles. The summed E-state index contributed by atoms with van der Waals surface area (Å²) in [6.07, 6.45) is 3.59. The number of aromatic nitrogens is 1. The number of ketones is 1. The van der Waals surface area contributed by atoms with E-state index in [9.17, 15) is 17.6 Å². The van der Waals surface area contributed by atoms with Crippen molar-refractivity contribution < 1.29 is 26.5 Å². The highest BCUT2D eigenvalue weighted by Gasteiger charge is 2.31. The number of fused-ring (bicyclic) bond motifs is 2. The summed E-state index contributed by atoms with van der Waals surface area (Å²) in [6, 6.07) is 15.0. The number of allylic oxidation sites excluding steroid dienone is 1. The van der Waals surface area contributed by atoms with Crippen LogP contribution in [0.25, 0.3) is 17.0 Å². The number of benzene rings is 3. The lowest BCUT2D eigenvalue weighted by atomic mass is 10.1. The Bertz CT molecular complexity index is 1570. The van der Waals surface area contributed by atoms with E-state index in [-0.39, 0.29) is 27.9 Å². The number of hydrogen-bond acceptors (Lipinski definition) is 5. The second-order valence-corrected chi connectivity index (χ2v) is 9.26. The predicted octanol–water partition coefficient (Wildman–Crippen LogP) is 5.01. The van der Waals surface area contributed by atoms with Crippen LogP contribution in [0.4, 0.5) is 4.39 Å². The fourth-order valence-corrected chi connectivity index (χ4v) is 4.84. The van der Waals surface area contributed by atoms with Gasteiger partial charge >= 0.3 is 10.1 Å². The van der Waals surface area contributed by atoms with Gasteiger partial charge in [-0.05, 0) is 55.5 Å². The van der Waals surface area contributed by atoms with Crippen LogP contribution in [0.2, 0.25) is 0 Å². The zero-order chi connectivity index (χ0) is 23.3. The summed E-state index contributed by atoms with van der Waals surface area (Å²) in [5.41, 5.74) is 2.54. The fraction of sp³-hybridized carbons (Fsp3) is 0.0800. The minimum atomic E-state index is -4.19. The van der Waals surface area contributed by atoms with Crippen LogP contribution in [-0.2, 0) is 17.2 Å². The van der Waals surface area contributed by atoms with E-state index in [1.165, 1.54) is 12.1 Å². The zero-order valence-electron chi connectivity index (χ0n) is 17.7. The molecule has 1 aliphatic heterocycles.